The fraction of sp³-hybridized carbons (Fsp3) is 0.481. The molecular formula is C27H37Cl2N3O4S. The van der Waals surface area contributed by atoms with Gasteiger partial charge >= 0.3 is 0 Å². The number of nitrogens with zero attached hydrogens (tertiary/aromatic N) is 2. The maximum absolute atomic E-state index is 13.5. The minimum absolute atomic E-state index is 0.0510. The van der Waals surface area contributed by atoms with Crippen LogP contribution in [0, 0.1) is 6.92 Å². The second-order valence-corrected chi connectivity index (χ2v) is 12.9. The van der Waals surface area contributed by atoms with Gasteiger partial charge in [-0.05, 0) is 69.9 Å². The van der Waals surface area contributed by atoms with Crippen molar-refractivity contribution in [2.45, 2.75) is 72.0 Å². The Morgan fingerprint density at radius 2 is 1.73 bits per heavy atom. The number of benzene rings is 2. The van der Waals surface area contributed by atoms with E-state index in [4.69, 9.17) is 23.2 Å². The van der Waals surface area contributed by atoms with Gasteiger partial charge in [0, 0.05) is 35.1 Å². The molecule has 0 aliphatic carbocycles. The molecule has 0 spiro atoms. The van der Waals surface area contributed by atoms with E-state index in [2.05, 4.69) is 5.32 Å². The maximum Gasteiger partial charge on any atom is 0.243 e. The summed E-state index contributed by atoms with van der Waals surface area (Å²) >= 11 is 12.5. The van der Waals surface area contributed by atoms with E-state index in [0.29, 0.717) is 22.2 Å². The molecule has 1 atom stereocenters. The molecule has 0 heterocycles. The molecule has 2 amide bonds. The second kappa shape index (κ2) is 13.0. The number of carbonyl (C=O) groups is 2. The molecule has 2 rings (SSSR count). The average Bonchev–Trinajstić information content (AvgIpc) is 2.77. The Bertz CT molecular complexity index is 1210. The summed E-state index contributed by atoms with van der Waals surface area (Å²) in [6, 6.07) is 11.6. The van der Waals surface area contributed by atoms with Gasteiger partial charge in [0.05, 0.1) is 11.9 Å². The number of sulfonamides is 1. The van der Waals surface area contributed by atoms with Crippen LogP contribution in [0.2, 0.25) is 10.0 Å². The first-order chi connectivity index (χ1) is 17.1. The first-order valence-electron chi connectivity index (χ1n) is 12.2. The van der Waals surface area contributed by atoms with Crippen molar-refractivity contribution in [3.05, 3.63) is 63.6 Å². The van der Waals surface area contributed by atoms with Crippen molar-refractivity contribution in [2.75, 3.05) is 17.1 Å². The van der Waals surface area contributed by atoms with E-state index in [9.17, 15) is 18.0 Å². The van der Waals surface area contributed by atoms with Crippen LogP contribution in [0.5, 0.6) is 0 Å². The average molecular weight is 571 g/mol. The van der Waals surface area contributed by atoms with Crippen LogP contribution in [0.1, 0.15) is 58.1 Å². The number of hydrogen-bond acceptors (Lipinski definition) is 4. The fourth-order valence-corrected chi connectivity index (χ4v) is 5.39. The Morgan fingerprint density at radius 1 is 1.08 bits per heavy atom. The standard InChI is InChI=1S/C27H37Cl2N3O4S/c1-7-23(26(34)30-27(3,4)5)31(18-20-11-8-9-12-22(20)29)25(33)13-10-16-32(37(6,35)36)24-17-21(28)15-14-19(24)2/h8-9,11-12,14-15,17,23H,7,10,13,16,18H2,1-6H3,(H,30,34)/t23-/m0/s1. The lowest BCUT2D eigenvalue weighted by Crippen LogP contribution is -2.53. The summed E-state index contributed by atoms with van der Waals surface area (Å²) in [4.78, 5) is 28.2. The molecule has 0 aliphatic rings. The van der Waals surface area contributed by atoms with Crippen LogP contribution >= 0.6 is 23.2 Å². The first kappa shape index (κ1) is 30.9. The van der Waals surface area contributed by atoms with Crippen LogP contribution in [0.25, 0.3) is 0 Å². The number of hydrogen-bond donors (Lipinski definition) is 1. The molecule has 0 radical (unpaired) electrons. The molecule has 37 heavy (non-hydrogen) atoms. The number of amides is 2. The highest BCUT2D eigenvalue weighted by Gasteiger charge is 2.31. The summed E-state index contributed by atoms with van der Waals surface area (Å²) in [6.45, 7) is 9.57. The van der Waals surface area contributed by atoms with Crippen molar-refractivity contribution in [2.24, 2.45) is 0 Å². The Labute approximate surface area is 231 Å². The zero-order valence-corrected chi connectivity index (χ0v) is 24.7. The van der Waals surface area contributed by atoms with Crippen LogP contribution in [-0.2, 0) is 26.2 Å². The third-order valence-corrected chi connectivity index (χ3v) is 7.56. The summed E-state index contributed by atoms with van der Waals surface area (Å²) in [5, 5.41) is 3.90. The zero-order valence-electron chi connectivity index (χ0n) is 22.3. The van der Waals surface area contributed by atoms with Gasteiger partial charge in [0.2, 0.25) is 21.8 Å². The fourth-order valence-electron chi connectivity index (χ4n) is 4.02. The number of aryl methyl sites for hydroxylation is 1. The lowest BCUT2D eigenvalue weighted by Gasteiger charge is -2.33. The molecular weight excluding hydrogens is 533 g/mol. The summed E-state index contributed by atoms with van der Waals surface area (Å²) in [7, 11) is -3.62. The number of nitrogens with one attached hydrogen (secondary N) is 1. The summed E-state index contributed by atoms with van der Waals surface area (Å²) in [5.41, 5.74) is 1.50. The summed E-state index contributed by atoms with van der Waals surface area (Å²) in [5.74, 6) is -0.505. The van der Waals surface area contributed by atoms with E-state index in [1.165, 1.54) is 9.21 Å². The molecule has 0 saturated carbocycles. The molecule has 0 aromatic heterocycles. The molecule has 0 aliphatic heterocycles. The van der Waals surface area contributed by atoms with Gasteiger partial charge in [0.1, 0.15) is 6.04 Å². The van der Waals surface area contributed by atoms with Crippen molar-refractivity contribution in [1.82, 2.24) is 10.2 Å². The van der Waals surface area contributed by atoms with Crippen LogP contribution in [0.4, 0.5) is 5.69 Å². The van der Waals surface area contributed by atoms with Gasteiger partial charge in [0.25, 0.3) is 0 Å². The molecule has 2 aromatic rings. The highest BCUT2D eigenvalue weighted by Crippen LogP contribution is 2.27. The van der Waals surface area contributed by atoms with Gasteiger partial charge in [-0.1, -0.05) is 54.4 Å². The third kappa shape index (κ3) is 9.20. The molecule has 7 nitrogen and oxygen atoms in total. The molecule has 2 aromatic carbocycles. The minimum Gasteiger partial charge on any atom is -0.350 e. The van der Waals surface area contributed by atoms with E-state index < -0.39 is 21.6 Å². The third-order valence-electron chi connectivity index (χ3n) is 5.77. The number of carbonyl (C=O) groups excluding carboxylic acids is 2. The largest absolute Gasteiger partial charge is 0.350 e. The lowest BCUT2D eigenvalue weighted by atomic mass is 10.0. The molecule has 0 saturated heterocycles. The maximum atomic E-state index is 13.5. The number of rotatable bonds is 11. The van der Waals surface area contributed by atoms with Crippen LogP contribution in [0.15, 0.2) is 42.5 Å². The van der Waals surface area contributed by atoms with Crippen molar-refractivity contribution < 1.29 is 18.0 Å². The normalized spacial score (nSPS) is 12.6. The zero-order chi connectivity index (χ0) is 28.0. The van der Waals surface area contributed by atoms with Gasteiger partial charge in [0.15, 0.2) is 0 Å². The van der Waals surface area contributed by atoms with E-state index in [0.717, 1.165) is 17.4 Å². The van der Waals surface area contributed by atoms with Gasteiger partial charge < -0.3 is 10.2 Å². The quantitative estimate of drug-likeness (QED) is 0.383. The van der Waals surface area contributed by atoms with Crippen LogP contribution < -0.4 is 9.62 Å². The van der Waals surface area contributed by atoms with E-state index in [1.54, 1.807) is 37.3 Å². The van der Waals surface area contributed by atoms with Gasteiger partial charge in [-0.15, -0.1) is 0 Å². The molecule has 10 heteroatoms. The van der Waals surface area contributed by atoms with Gasteiger partial charge in [-0.25, -0.2) is 8.42 Å². The van der Waals surface area contributed by atoms with E-state index >= 15 is 0 Å². The lowest BCUT2D eigenvalue weighted by molar-refractivity contribution is -0.142. The van der Waals surface area contributed by atoms with Gasteiger partial charge in [-0.2, -0.15) is 0 Å². The Hall–Kier alpha value is -2.29. The first-order valence-corrected chi connectivity index (χ1v) is 14.8. The predicted octanol–water partition coefficient (Wildman–Crippen LogP) is 5.57. The second-order valence-electron chi connectivity index (χ2n) is 10.1. The van der Waals surface area contributed by atoms with E-state index in [1.807, 2.05) is 39.8 Å². The topological polar surface area (TPSA) is 86.8 Å². The summed E-state index contributed by atoms with van der Waals surface area (Å²) < 4.78 is 26.4. The van der Waals surface area contributed by atoms with Crippen LogP contribution in [-0.4, -0.2) is 49.5 Å². The highest BCUT2D eigenvalue weighted by atomic mass is 35.5. The smallest absolute Gasteiger partial charge is 0.243 e. The molecule has 0 fully saturated rings. The molecule has 0 bridgehead atoms. The summed E-state index contributed by atoms with van der Waals surface area (Å²) in [6.07, 6.45) is 1.85. The number of halogens is 2. The van der Waals surface area contributed by atoms with E-state index in [-0.39, 0.29) is 37.7 Å². The minimum atomic E-state index is -3.62. The van der Waals surface area contributed by atoms with Crippen molar-refractivity contribution in [1.29, 1.82) is 0 Å². The monoisotopic (exact) mass is 569 g/mol. The Balaban J connectivity index is 2.29. The Kier molecular flexibility index (Phi) is 10.9. The predicted molar refractivity (Wildman–Crippen MR) is 152 cm³/mol. The van der Waals surface area contributed by atoms with Crippen molar-refractivity contribution in [3.63, 3.8) is 0 Å². The molecule has 1 N–H and O–H groups in total. The highest BCUT2D eigenvalue weighted by molar-refractivity contribution is 7.92. The SMILES string of the molecule is CC[C@@H](C(=O)NC(C)(C)C)N(Cc1ccccc1Cl)C(=O)CCCN(c1cc(Cl)ccc1C)S(C)(=O)=O. The Morgan fingerprint density at radius 3 is 2.30 bits per heavy atom. The van der Waals surface area contributed by atoms with Crippen molar-refractivity contribution in [3.8, 4) is 0 Å². The van der Waals surface area contributed by atoms with Crippen LogP contribution in [0.3, 0.4) is 0 Å². The molecule has 0 unspecified atom stereocenters. The van der Waals surface area contributed by atoms with Crippen molar-refractivity contribution >= 4 is 50.7 Å². The van der Waals surface area contributed by atoms with Gasteiger partial charge in [-0.3, -0.25) is 13.9 Å². The molecule has 204 valence electrons. The number of anilines is 1.